The highest BCUT2D eigenvalue weighted by Crippen LogP contribution is 2.39. The Morgan fingerprint density at radius 2 is 1.87 bits per heavy atom. The third kappa shape index (κ3) is 5.08. The molecule has 0 spiro atoms. The van der Waals surface area contributed by atoms with Crippen LogP contribution in [-0.2, 0) is 19.1 Å². The molecule has 2 aromatic rings. The lowest BCUT2D eigenvalue weighted by atomic mass is 9.74. The van der Waals surface area contributed by atoms with E-state index in [9.17, 15) is 9.59 Å². The Kier molecular flexibility index (Phi) is 7.63. The van der Waals surface area contributed by atoms with Crippen molar-refractivity contribution < 1.29 is 19.1 Å². The molecular formula is C23H31N3O4. The Morgan fingerprint density at radius 3 is 2.60 bits per heavy atom. The van der Waals surface area contributed by atoms with Crippen LogP contribution in [0.1, 0.15) is 46.0 Å². The molecule has 1 saturated carbocycles. The van der Waals surface area contributed by atoms with Gasteiger partial charge in [0, 0.05) is 18.5 Å². The van der Waals surface area contributed by atoms with Crippen molar-refractivity contribution >= 4 is 34.2 Å². The van der Waals surface area contributed by atoms with Gasteiger partial charge in [0.2, 0.25) is 5.91 Å². The second-order valence-electron chi connectivity index (χ2n) is 7.66. The van der Waals surface area contributed by atoms with Crippen LogP contribution >= 0.6 is 0 Å². The van der Waals surface area contributed by atoms with Gasteiger partial charge in [0.1, 0.15) is 6.61 Å². The van der Waals surface area contributed by atoms with Gasteiger partial charge in [0.05, 0.1) is 35.1 Å². The van der Waals surface area contributed by atoms with Crippen LogP contribution in [-0.4, -0.2) is 43.2 Å². The van der Waals surface area contributed by atoms with Crippen molar-refractivity contribution in [1.29, 1.82) is 0 Å². The summed E-state index contributed by atoms with van der Waals surface area (Å²) < 4.78 is 10.6. The second-order valence-corrected chi connectivity index (χ2v) is 7.66. The van der Waals surface area contributed by atoms with Gasteiger partial charge in [0.15, 0.2) is 0 Å². The van der Waals surface area contributed by atoms with Crippen LogP contribution in [0, 0.1) is 5.41 Å². The zero-order valence-corrected chi connectivity index (χ0v) is 17.8. The predicted molar refractivity (Wildman–Crippen MR) is 118 cm³/mol. The molecule has 7 nitrogen and oxygen atoms in total. The first kappa shape index (κ1) is 22.0. The van der Waals surface area contributed by atoms with Gasteiger partial charge in [-0.25, -0.2) is 0 Å². The van der Waals surface area contributed by atoms with Gasteiger partial charge in [-0.1, -0.05) is 37.5 Å². The normalized spacial score (nSPS) is 15.5. The second kappa shape index (κ2) is 10.4. The third-order valence-corrected chi connectivity index (χ3v) is 5.61. The number of pyridine rings is 1. The molecule has 30 heavy (non-hydrogen) atoms. The summed E-state index contributed by atoms with van der Waals surface area (Å²) in [6.45, 7) is 4.96. The van der Waals surface area contributed by atoms with Crippen molar-refractivity contribution in [2.24, 2.45) is 5.41 Å². The molecule has 0 radical (unpaired) electrons. The number of aromatic nitrogens is 1. The highest BCUT2D eigenvalue weighted by molar-refractivity contribution is 6.03. The number of rotatable bonds is 9. The number of carbonyl (C=O) groups is 2. The SMILES string of the molecule is CCOCC(=O)Nc1cnc2ccccc2c1NCC1(C(=O)OCC)CCCCC1. The van der Waals surface area contributed by atoms with E-state index in [4.69, 9.17) is 9.47 Å². The van der Waals surface area contributed by atoms with Crippen molar-refractivity contribution in [1.82, 2.24) is 4.98 Å². The molecule has 1 aromatic heterocycles. The Labute approximate surface area is 177 Å². The number of esters is 1. The fraction of sp³-hybridized carbons (Fsp3) is 0.522. The summed E-state index contributed by atoms with van der Waals surface area (Å²) in [5, 5.41) is 7.25. The number of para-hydroxylation sites is 1. The molecule has 0 bridgehead atoms. The van der Waals surface area contributed by atoms with Gasteiger partial charge >= 0.3 is 5.97 Å². The summed E-state index contributed by atoms with van der Waals surface area (Å²) in [4.78, 5) is 29.5. The summed E-state index contributed by atoms with van der Waals surface area (Å²) in [5.74, 6) is -0.382. The van der Waals surface area contributed by atoms with E-state index in [1.54, 1.807) is 6.20 Å². The first-order valence-electron chi connectivity index (χ1n) is 10.8. The van der Waals surface area contributed by atoms with E-state index in [1.165, 1.54) is 0 Å². The average molecular weight is 414 g/mol. The number of hydrogen-bond acceptors (Lipinski definition) is 6. The van der Waals surface area contributed by atoms with Crippen molar-refractivity contribution in [2.45, 2.75) is 46.0 Å². The summed E-state index contributed by atoms with van der Waals surface area (Å²) >= 11 is 0. The Balaban J connectivity index is 1.89. The highest BCUT2D eigenvalue weighted by atomic mass is 16.5. The standard InChI is InChI=1S/C23H31N3O4/c1-3-29-15-20(27)26-19-14-24-18-11-7-6-10-17(18)21(19)25-16-23(22(28)30-4-2)12-8-5-9-13-23/h6-7,10-11,14H,3-5,8-9,12-13,15-16H2,1-2H3,(H,24,25)(H,26,27). The van der Waals surface area contributed by atoms with Crippen molar-refractivity contribution in [3.8, 4) is 0 Å². The van der Waals surface area contributed by atoms with Crippen molar-refractivity contribution in [3.63, 3.8) is 0 Å². The molecule has 1 heterocycles. The summed E-state index contributed by atoms with van der Waals surface area (Å²) in [6.07, 6.45) is 6.40. The summed E-state index contributed by atoms with van der Waals surface area (Å²) in [5.41, 5.74) is 1.61. The van der Waals surface area contributed by atoms with Crippen molar-refractivity contribution in [2.75, 3.05) is 37.0 Å². The Bertz CT molecular complexity index is 878. The molecular weight excluding hydrogens is 382 g/mol. The highest BCUT2D eigenvalue weighted by Gasteiger charge is 2.41. The first-order chi connectivity index (χ1) is 14.6. The first-order valence-corrected chi connectivity index (χ1v) is 10.8. The minimum Gasteiger partial charge on any atom is -0.466 e. The largest absolute Gasteiger partial charge is 0.466 e. The van der Waals surface area contributed by atoms with Crippen LogP contribution in [0.15, 0.2) is 30.5 Å². The van der Waals surface area contributed by atoms with Gasteiger partial charge in [0.25, 0.3) is 0 Å². The average Bonchev–Trinajstić information content (AvgIpc) is 2.77. The number of nitrogens with zero attached hydrogens (tertiary/aromatic N) is 1. The molecule has 3 rings (SSSR count). The molecule has 1 amide bonds. The predicted octanol–water partition coefficient (Wildman–Crippen LogP) is 4.14. The van der Waals surface area contributed by atoms with E-state index >= 15 is 0 Å². The molecule has 0 aliphatic heterocycles. The monoisotopic (exact) mass is 413 g/mol. The van der Waals surface area contributed by atoms with Crippen LogP contribution in [0.4, 0.5) is 11.4 Å². The molecule has 0 atom stereocenters. The minimum absolute atomic E-state index is 0.0183. The maximum atomic E-state index is 12.8. The van der Waals surface area contributed by atoms with Crippen LogP contribution < -0.4 is 10.6 Å². The number of ether oxygens (including phenoxy) is 2. The van der Waals surface area contributed by atoms with Gasteiger partial charge < -0.3 is 20.1 Å². The Morgan fingerprint density at radius 1 is 1.10 bits per heavy atom. The quantitative estimate of drug-likeness (QED) is 0.601. The number of carbonyl (C=O) groups excluding carboxylic acids is 2. The zero-order chi connectivity index (χ0) is 21.4. The van der Waals surface area contributed by atoms with E-state index in [2.05, 4.69) is 15.6 Å². The maximum absolute atomic E-state index is 12.8. The topological polar surface area (TPSA) is 89.5 Å². The van der Waals surface area contributed by atoms with E-state index in [0.717, 1.165) is 48.7 Å². The van der Waals surface area contributed by atoms with E-state index in [0.29, 0.717) is 25.4 Å². The number of anilines is 2. The van der Waals surface area contributed by atoms with Crippen LogP contribution in [0.5, 0.6) is 0 Å². The lowest BCUT2D eigenvalue weighted by molar-refractivity contribution is -0.156. The third-order valence-electron chi connectivity index (χ3n) is 5.61. The van der Waals surface area contributed by atoms with Gasteiger partial charge in [-0.15, -0.1) is 0 Å². The fourth-order valence-corrected chi connectivity index (χ4v) is 4.03. The number of hydrogen-bond donors (Lipinski definition) is 2. The summed E-state index contributed by atoms with van der Waals surface area (Å²) in [7, 11) is 0. The molecule has 1 aromatic carbocycles. The zero-order valence-electron chi connectivity index (χ0n) is 17.8. The smallest absolute Gasteiger partial charge is 0.313 e. The van der Waals surface area contributed by atoms with Gasteiger partial charge in [-0.2, -0.15) is 0 Å². The molecule has 1 fully saturated rings. The molecule has 1 aliphatic carbocycles. The molecule has 1 aliphatic rings. The van der Waals surface area contributed by atoms with E-state index < -0.39 is 5.41 Å². The lowest BCUT2D eigenvalue weighted by Gasteiger charge is -2.35. The minimum atomic E-state index is -0.550. The van der Waals surface area contributed by atoms with Gasteiger partial charge in [-0.3, -0.25) is 14.6 Å². The van der Waals surface area contributed by atoms with E-state index in [1.807, 2.05) is 38.1 Å². The van der Waals surface area contributed by atoms with Crippen molar-refractivity contribution in [3.05, 3.63) is 30.5 Å². The number of fused-ring (bicyclic) bond motifs is 1. The molecule has 0 saturated heterocycles. The number of benzene rings is 1. The van der Waals surface area contributed by atoms with Gasteiger partial charge in [-0.05, 0) is 32.8 Å². The maximum Gasteiger partial charge on any atom is 0.313 e. The lowest BCUT2D eigenvalue weighted by Crippen LogP contribution is -2.41. The fourth-order valence-electron chi connectivity index (χ4n) is 4.03. The molecule has 0 unspecified atom stereocenters. The van der Waals surface area contributed by atoms with Crippen LogP contribution in [0.25, 0.3) is 10.9 Å². The number of nitrogens with one attached hydrogen (secondary N) is 2. The molecule has 7 heteroatoms. The van der Waals surface area contributed by atoms with Crippen LogP contribution in [0.2, 0.25) is 0 Å². The molecule has 162 valence electrons. The number of amides is 1. The Hall–Kier alpha value is -2.67. The van der Waals surface area contributed by atoms with Crippen LogP contribution in [0.3, 0.4) is 0 Å². The molecule has 2 N–H and O–H groups in total. The summed E-state index contributed by atoms with van der Waals surface area (Å²) in [6, 6.07) is 7.74. The van der Waals surface area contributed by atoms with E-state index in [-0.39, 0.29) is 18.5 Å².